The second-order valence-electron chi connectivity index (χ2n) is 6.12. The summed E-state index contributed by atoms with van der Waals surface area (Å²) in [5.41, 5.74) is -2.36. The highest BCUT2D eigenvalue weighted by molar-refractivity contribution is 5.92. The van der Waals surface area contributed by atoms with Crippen LogP contribution >= 0.6 is 0 Å². The van der Waals surface area contributed by atoms with Crippen LogP contribution in [0.3, 0.4) is 0 Å². The highest BCUT2D eigenvalue weighted by Crippen LogP contribution is 2.42. The maximum Gasteiger partial charge on any atom is 0.424 e. The Morgan fingerprint density at radius 3 is 2.35 bits per heavy atom. The maximum absolute atomic E-state index is 13.5. The van der Waals surface area contributed by atoms with E-state index in [9.17, 15) is 18.3 Å². The quantitative estimate of drug-likeness (QED) is 0.713. The minimum atomic E-state index is -4.88. The van der Waals surface area contributed by atoms with Crippen LogP contribution in [0.4, 0.5) is 19.0 Å². The molecule has 2 heterocycles. The standard InChI is InChI=1S/C18H18F3N3O2/c1-11-7-8-15(26-11)17(25,18(19,20)21)9-10-22-16-14-6-4-3-5-13(14)12(2)23-24-16/h3-8,25H,9-10H2,1-2H3,(H,22,24)/t17-/m0/s1. The Labute approximate surface area is 147 Å². The molecule has 0 bridgehead atoms. The third kappa shape index (κ3) is 3.24. The van der Waals surface area contributed by atoms with Gasteiger partial charge in [-0.1, -0.05) is 24.3 Å². The molecule has 0 fully saturated rings. The summed E-state index contributed by atoms with van der Waals surface area (Å²) in [6.07, 6.45) is -5.51. The molecule has 0 aliphatic rings. The lowest BCUT2D eigenvalue weighted by molar-refractivity contribution is -0.274. The van der Waals surface area contributed by atoms with Crippen molar-refractivity contribution in [2.75, 3.05) is 11.9 Å². The monoisotopic (exact) mass is 365 g/mol. The van der Waals surface area contributed by atoms with E-state index in [0.29, 0.717) is 11.6 Å². The summed E-state index contributed by atoms with van der Waals surface area (Å²) in [5.74, 6) is 0.140. The van der Waals surface area contributed by atoms with Gasteiger partial charge in [-0.15, -0.1) is 5.10 Å². The van der Waals surface area contributed by atoms with Gasteiger partial charge in [0, 0.05) is 23.7 Å². The third-order valence-electron chi connectivity index (χ3n) is 4.27. The molecule has 0 aliphatic heterocycles. The molecule has 5 nitrogen and oxygen atoms in total. The van der Waals surface area contributed by atoms with E-state index in [1.807, 2.05) is 24.3 Å². The number of anilines is 1. The first kappa shape index (κ1) is 18.2. The lowest BCUT2D eigenvalue weighted by Gasteiger charge is -2.28. The Morgan fingerprint density at radius 1 is 1.04 bits per heavy atom. The van der Waals surface area contributed by atoms with Crippen molar-refractivity contribution in [2.24, 2.45) is 0 Å². The van der Waals surface area contributed by atoms with E-state index in [1.165, 1.54) is 13.0 Å². The molecule has 1 aromatic carbocycles. The Bertz CT molecular complexity index is 923. The van der Waals surface area contributed by atoms with Gasteiger partial charge in [-0.25, -0.2) is 0 Å². The van der Waals surface area contributed by atoms with Crippen LogP contribution in [-0.4, -0.2) is 28.0 Å². The van der Waals surface area contributed by atoms with Crippen LogP contribution < -0.4 is 5.32 Å². The number of rotatable bonds is 5. The molecule has 0 saturated heterocycles. The van der Waals surface area contributed by atoms with Gasteiger partial charge < -0.3 is 14.8 Å². The molecule has 0 spiro atoms. The van der Waals surface area contributed by atoms with Crippen molar-refractivity contribution >= 4 is 16.6 Å². The van der Waals surface area contributed by atoms with Crippen LogP contribution in [0.5, 0.6) is 0 Å². The topological polar surface area (TPSA) is 71.2 Å². The molecule has 0 aliphatic carbocycles. The van der Waals surface area contributed by atoms with Crippen molar-refractivity contribution < 1.29 is 22.7 Å². The minimum Gasteiger partial charge on any atom is -0.463 e. The average molecular weight is 365 g/mol. The number of halogens is 3. The number of hydrogen-bond donors (Lipinski definition) is 2. The van der Waals surface area contributed by atoms with Crippen molar-refractivity contribution in [2.45, 2.75) is 32.0 Å². The van der Waals surface area contributed by atoms with E-state index >= 15 is 0 Å². The first-order chi connectivity index (χ1) is 12.2. The Hall–Kier alpha value is -2.61. The fourth-order valence-electron chi connectivity index (χ4n) is 2.79. The van der Waals surface area contributed by atoms with Gasteiger partial charge in [0.1, 0.15) is 11.5 Å². The summed E-state index contributed by atoms with van der Waals surface area (Å²) in [7, 11) is 0. The number of aromatic nitrogens is 2. The van der Waals surface area contributed by atoms with E-state index < -0.39 is 24.0 Å². The van der Waals surface area contributed by atoms with Crippen LogP contribution in [-0.2, 0) is 5.60 Å². The molecule has 0 saturated carbocycles. The average Bonchev–Trinajstić information content (AvgIpc) is 3.03. The lowest BCUT2D eigenvalue weighted by Crippen LogP contribution is -2.43. The normalized spacial score (nSPS) is 14.4. The van der Waals surface area contributed by atoms with Gasteiger partial charge in [0.25, 0.3) is 0 Å². The predicted molar refractivity (Wildman–Crippen MR) is 90.8 cm³/mol. The van der Waals surface area contributed by atoms with Crippen molar-refractivity contribution in [1.29, 1.82) is 0 Å². The number of aliphatic hydroxyl groups is 1. The number of fused-ring (bicyclic) bond motifs is 1. The van der Waals surface area contributed by atoms with E-state index in [4.69, 9.17) is 4.42 Å². The SMILES string of the molecule is Cc1ccc([C@@](O)(CCNc2nnc(C)c3ccccc23)C(F)(F)F)o1. The highest BCUT2D eigenvalue weighted by Gasteiger charge is 2.56. The first-order valence-corrected chi connectivity index (χ1v) is 8.04. The number of nitrogens with zero attached hydrogens (tertiary/aromatic N) is 2. The van der Waals surface area contributed by atoms with Gasteiger partial charge in [0.2, 0.25) is 5.60 Å². The summed E-state index contributed by atoms with van der Waals surface area (Å²) in [5, 5.41) is 22.8. The molecule has 8 heteroatoms. The molecule has 2 aromatic heterocycles. The van der Waals surface area contributed by atoms with Crippen molar-refractivity contribution in [3.63, 3.8) is 0 Å². The molecule has 26 heavy (non-hydrogen) atoms. The summed E-state index contributed by atoms with van der Waals surface area (Å²) in [6, 6.07) is 9.87. The number of benzene rings is 1. The molecule has 3 aromatic rings. The van der Waals surface area contributed by atoms with Crippen LogP contribution in [0.15, 0.2) is 40.8 Å². The van der Waals surface area contributed by atoms with Gasteiger partial charge in [-0.2, -0.15) is 18.3 Å². The van der Waals surface area contributed by atoms with E-state index in [1.54, 1.807) is 6.92 Å². The second-order valence-corrected chi connectivity index (χ2v) is 6.12. The van der Waals surface area contributed by atoms with Gasteiger partial charge in [-0.3, -0.25) is 0 Å². The second kappa shape index (κ2) is 6.60. The zero-order chi connectivity index (χ0) is 18.9. The van der Waals surface area contributed by atoms with Crippen molar-refractivity contribution in [3.05, 3.63) is 53.6 Å². The Kier molecular flexibility index (Phi) is 4.62. The van der Waals surface area contributed by atoms with E-state index in [-0.39, 0.29) is 6.54 Å². The summed E-state index contributed by atoms with van der Waals surface area (Å²) in [6.45, 7) is 3.16. The molecule has 138 valence electrons. The van der Waals surface area contributed by atoms with Crippen molar-refractivity contribution in [1.82, 2.24) is 10.2 Å². The summed E-state index contributed by atoms with van der Waals surface area (Å²) < 4.78 is 45.4. The van der Waals surface area contributed by atoms with Crippen LogP contribution in [0.25, 0.3) is 10.8 Å². The van der Waals surface area contributed by atoms with Gasteiger partial charge in [-0.05, 0) is 26.0 Å². The van der Waals surface area contributed by atoms with Crippen LogP contribution in [0.1, 0.15) is 23.6 Å². The Morgan fingerprint density at radius 2 is 1.73 bits per heavy atom. The highest BCUT2D eigenvalue weighted by atomic mass is 19.4. The fourth-order valence-corrected chi connectivity index (χ4v) is 2.79. The predicted octanol–water partition coefficient (Wildman–Crippen LogP) is 4.09. The van der Waals surface area contributed by atoms with E-state index in [0.717, 1.165) is 22.5 Å². The lowest BCUT2D eigenvalue weighted by atomic mass is 9.95. The smallest absolute Gasteiger partial charge is 0.424 e. The van der Waals surface area contributed by atoms with Crippen LogP contribution in [0.2, 0.25) is 0 Å². The molecule has 0 unspecified atom stereocenters. The van der Waals surface area contributed by atoms with Crippen molar-refractivity contribution in [3.8, 4) is 0 Å². The molecule has 1 atom stereocenters. The molecular formula is C18H18F3N3O2. The Balaban J connectivity index is 1.82. The molecule has 3 rings (SSSR count). The summed E-state index contributed by atoms with van der Waals surface area (Å²) in [4.78, 5) is 0. The minimum absolute atomic E-state index is 0.169. The largest absolute Gasteiger partial charge is 0.463 e. The number of furan rings is 1. The van der Waals surface area contributed by atoms with Gasteiger partial charge >= 0.3 is 6.18 Å². The number of alkyl halides is 3. The summed E-state index contributed by atoms with van der Waals surface area (Å²) >= 11 is 0. The van der Waals surface area contributed by atoms with Gasteiger partial charge in [0.05, 0.1) is 5.69 Å². The zero-order valence-electron chi connectivity index (χ0n) is 14.3. The van der Waals surface area contributed by atoms with Gasteiger partial charge in [0.15, 0.2) is 5.82 Å². The maximum atomic E-state index is 13.5. The molecule has 0 amide bonds. The number of hydrogen-bond acceptors (Lipinski definition) is 5. The van der Waals surface area contributed by atoms with Crippen LogP contribution in [0, 0.1) is 13.8 Å². The zero-order valence-corrected chi connectivity index (χ0v) is 14.3. The third-order valence-corrected chi connectivity index (χ3v) is 4.27. The first-order valence-electron chi connectivity index (χ1n) is 8.04. The molecular weight excluding hydrogens is 347 g/mol. The number of nitrogens with one attached hydrogen (secondary N) is 1. The fraction of sp³-hybridized carbons (Fsp3) is 0.333. The van der Waals surface area contributed by atoms with E-state index in [2.05, 4.69) is 15.5 Å². The molecule has 0 radical (unpaired) electrons. The number of aryl methyl sites for hydroxylation is 2. The molecule has 2 N–H and O–H groups in total.